The Hall–Kier alpha value is -1.20. The van der Waals surface area contributed by atoms with Crippen molar-refractivity contribution in [2.75, 3.05) is 0 Å². The van der Waals surface area contributed by atoms with Crippen LogP contribution in [0.2, 0.25) is 0 Å². The predicted octanol–water partition coefficient (Wildman–Crippen LogP) is 22.4. The quantitative estimate of drug-likeness (QED) is 0.0391. The Morgan fingerprint density at radius 1 is 0.323 bits per heavy atom. The minimum absolute atomic E-state index is 0.822. The Bertz CT molecular complexity index is 1540. The van der Waals surface area contributed by atoms with E-state index in [1.54, 1.807) is 20.9 Å². The topological polar surface area (TPSA) is 0 Å². The Kier molecular flexibility index (Phi) is 28.7. The van der Waals surface area contributed by atoms with E-state index < -0.39 is 0 Å². The average molecular weight is 920 g/mol. The second-order valence-corrected chi connectivity index (χ2v) is 24.2. The summed E-state index contributed by atoms with van der Waals surface area (Å²) < 4.78 is 0. The minimum atomic E-state index is 0.822. The number of unbranched alkanes of at least 4 members (excludes halogenated alkanes) is 24. The van der Waals surface area contributed by atoms with Crippen molar-refractivity contribution in [1.82, 2.24) is 0 Å². The molecule has 0 saturated carbocycles. The highest BCUT2D eigenvalue weighted by molar-refractivity contribution is 7.28. The fourth-order valence-corrected chi connectivity index (χ4v) is 14.4. The van der Waals surface area contributed by atoms with Gasteiger partial charge in [-0.25, -0.2) is 0 Å². The van der Waals surface area contributed by atoms with Crippen molar-refractivity contribution in [3.63, 3.8) is 0 Å². The highest BCUT2D eigenvalue weighted by atomic mass is 32.1. The maximum atomic E-state index is 2.56. The van der Waals surface area contributed by atoms with Crippen LogP contribution in [0, 0.1) is 25.7 Å². The molecule has 0 aromatic carbocycles. The smallest absolute Gasteiger partial charge is 0.0477 e. The maximum absolute atomic E-state index is 2.56. The molecule has 0 bridgehead atoms. The number of hydrogen-bond acceptors (Lipinski definition) is 4. The normalized spacial score (nSPS) is 12.8. The van der Waals surface area contributed by atoms with E-state index in [-0.39, 0.29) is 0 Å². The summed E-state index contributed by atoms with van der Waals surface area (Å²) in [7, 11) is 0. The number of rotatable bonds is 39. The lowest BCUT2D eigenvalue weighted by atomic mass is 9.88. The molecule has 0 fully saturated rings. The van der Waals surface area contributed by atoms with E-state index in [0.29, 0.717) is 0 Å². The predicted molar refractivity (Wildman–Crippen MR) is 289 cm³/mol. The number of hydrogen-bond donors (Lipinski definition) is 0. The molecule has 4 heterocycles. The van der Waals surface area contributed by atoms with Gasteiger partial charge in [0.05, 0.1) is 0 Å². The first-order valence-electron chi connectivity index (χ1n) is 26.8. The molecule has 4 aromatic heterocycles. The van der Waals surface area contributed by atoms with Crippen LogP contribution >= 0.6 is 45.3 Å². The van der Waals surface area contributed by atoms with E-state index in [1.807, 2.05) is 45.3 Å². The van der Waals surface area contributed by atoms with Crippen LogP contribution in [0.1, 0.15) is 254 Å². The molecule has 4 heteroatoms. The van der Waals surface area contributed by atoms with Gasteiger partial charge in [-0.3, -0.25) is 0 Å². The fourth-order valence-electron chi connectivity index (χ4n) is 9.92. The molecule has 4 rings (SSSR count). The van der Waals surface area contributed by atoms with Crippen molar-refractivity contribution >= 4 is 45.3 Å². The Balaban J connectivity index is 1.41. The largest absolute Gasteiger partial charge is 0.139 e. The SMILES string of the molecule is CCCCCCCCCCC(CCCCCCCC)Cc1cc(C)sc1-c1ccc(-c2ccc(-c3sc(C)cc3CC(CCCCCCCC)CCCCCCCCCC)s2)s1. The fraction of sp³-hybridized carbons (Fsp3) is 0.724. The van der Waals surface area contributed by atoms with E-state index in [9.17, 15) is 0 Å². The zero-order valence-electron chi connectivity index (χ0n) is 41.3. The monoisotopic (exact) mass is 919 g/mol. The summed E-state index contributed by atoms with van der Waals surface area (Å²) >= 11 is 8.18. The molecule has 0 nitrogen and oxygen atoms in total. The van der Waals surface area contributed by atoms with E-state index in [0.717, 1.165) is 11.8 Å². The van der Waals surface area contributed by atoms with Gasteiger partial charge in [-0.05, 0) is 86.1 Å². The van der Waals surface area contributed by atoms with Crippen molar-refractivity contribution in [2.24, 2.45) is 11.8 Å². The van der Waals surface area contributed by atoms with Gasteiger partial charge in [0.2, 0.25) is 0 Å². The summed E-state index contributed by atoms with van der Waals surface area (Å²) in [6, 6.07) is 14.9. The van der Waals surface area contributed by atoms with Gasteiger partial charge in [0.1, 0.15) is 0 Å². The van der Waals surface area contributed by atoms with Crippen LogP contribution in [-0.4, -0.2) is 0 Å². The van der Waals surface area contributed by atoms with Crippen molar-refractivity contribution < 1.29 is 0 Å². The average Bonchev–Trinajstić information content (AvgIpc) is 4.09. The van der Waals surface area contributed by atoms with Crippen LogP contribution < -0.4 is 0 Å². The third kappa shape index (κ3) is 21.0. The van der Waals surface area contributed by atoms with Gasteiger partial charge in [0, 0.05) is 39.0 Å². The lowest BCUT2D eigenvalue weighted by molar-refractivity contribution is 0.401. The minimum Gasteiger partial charge on any atom is -0.139 e. The van der Waals surface area contributed by atoms with Crippen LogP contribution in [0.5, 0.6) is 0 Å². The third-order valence-electron chi connectivity index (χ3n) is 13.6. The van der Waals surface area contributed by atoms with Gasteiger partial charge in [0.25, 0.3) is 0 Å². The lowest BCUT2D eigenvalue weighted by Gasteiger charge is -2.17. The van der Waals surface area contributed by atoms with Crippen LogP contribution in [0.15, 0.2) is 36.4 Å². The first-order valence-corrected chi connectivity index (χ1v) is 30.1. The highest BCUT2D eigenvalue weighted by Crippen LogP contribution is 2.46. The Morgan fingerprint density at radius 3 is 0.871 bits per heavy atom. The number of thiophene rings is 4. The Labute approximate surface area is 400 Å². The zero-order valence-corrected chi connectivity index (χ0v) is 44.6. The zero-order chi connectivity index (χ0) is 44.0. The van der Waals surface area contributed by atoms with E-state index in [4.69, 9.17) is 0 Å². The molecule has 0 N–H and O–H groups in total. The summed E-state index contributed by atoms with van der Waals surface area (Å²) in [5, 5.41) is 0. The highest BCUT2D eigenvalue weighted by Gasteiger charge is 2.20. The van der Waals surface area contributed by atoms with Gasteiger partial charge in [0.15, 0.2) is 0 Å². The lowest BCUT2D eigenvalue weighted by Crippen LogP contribution is -2.05. The molecule has 0 amide bonds. The molecule has 0 spiro atoms. The third-order valence-corrected chi connectivity index (χ3v) is 18.6. The molecule has 0 radical (unpaired) electrons. The molecule has 2 atom stereocenters. The van der Waals surface area contributed by atoms with Crippen LogP contribution in [0.25, 0.3) is 29.3 Å². The molecule has 0 aliphatic carbocycles. The van der Waals surface area contributed by atoms with Crippen LogP contribution in [-0.2, 0) is 12.8 Å². The van der Waals surface area contributed by atoms with Crippen molar-refractivity contribution in [1.29, 1.82) is 0 Å². The molecular weight excluding hydrogens is 825 g/mol. The summed E-state index contributed by atoms with van der Waals surface area (Å²) in [5.74, 6) is 1.64. The second-order valence-electron chi connectivity index (χ2n) is 19.5. The first kappa shape index (κ1) is 53.4. The van der Waals surface area contributed by atoms with E-state index in [1.165, 1.54) is 248 Å². The van der Waals surface area contributed by atoms with Crippen LogP contribution in [0.4, 0.5) is 0 Å². The molecule has 0 saturated heterocycles. The second kappa shape index (κ2) is 33.3. The molecule has 0 aliphatic rings. The molecular formula is C58H94S4. The summed E-state index contributed by atoms with van der Waals surface area (Å²) in [6.07, 6.45) is 47.8. The van der Waals surface area contributed by atoms with E-state index in [2.05, 4.69) is 77.9 Å². The first-order chi connectivity index (χ1) is 30.4. The van der Waals surface area contributed by atoms with Gasteiger partial charge in [-0.15, -0.1) is 45.3 Å². The van der Waals surface area contributed by atoms with Gasteiger partial charge >= 0.3 is 0 Å². The van der Waals surface area contributed by atoms with Crippen molar-refractivity contribution in [2.45, 2.75) is 260 Å². The summed E-state index contributed by atoms with van der Waals surface area (Å²) in [6.45, 7) is 14.0. The number of aryl methyl sites for hydroxylation is 2. The Morgan fingerprint density at radius 2 is 0.581 bits per heavy atom. The molecule has 2 unspecified atom stereocenters. The van der Waals surface area contributed by atoms with Gasteiger partial charge < -0.3 is 0 Å². The standard InChI is InChI=1S/C58H94S4/c1-7-11-15-19-23-25-29-33-37-49(35-31-27-21-17-13-9-3)45-51-43-47(5)59-57(51)55-41-39-53(61-55)54-40-42-56(62-54)58-52(44-48(6)60-58)46-50(36-32-28-22-18-14-10-4)38-34-30-26-24-20-16-12-8-2/h39-44,49-50H,7-38,45-46H2,1-6H3. The van der Waals surface area contributed by atoms with Crippen molar-refractivity contribution in [3.8, 4) is 29.3 Å². The van der Waals surface area contributed by atoms with Crippen LogP contribution in [0.3, 0.4) is 0 Å². The van der Waals surface area contributed by atoms with Crippen molar-refractivity contribution in [3.05, 3.63) is 57.3 Å². The maximum Gasteiger partial charge on any atom is 0.0477 e. The molecule has 0 aliphatic heterocycles. The molecule has 62 heavy (non-hydrogen) atoms. The summed E-state index contributed by atoms with van der Waals surface area (Å²) in [5.41, 5.74) is 3.26. The van der Waals surface area contributed by atoms with Gasteiger partial charge in [-0.1, -0.05) is 233 Å². The van der Waals surface area contributed by atoms with Gasteiger partial charge in [-0.2, -0.15) is 0 Å². The van der Waals surface area contributed by atoms with E-state index >= 15 is 0 Å². The molecule has 4 aromatic rings. The summed E-state index contributed by atoms with van der Waals surface area (Å²) in [4.78, 5) is 11.9. The molecule has 350 valence electrons.